The second kappa shape index (κ2) is 6.85. The van der Waals surface area contributed by atoms with E-state index >= 15 is 0 Å². The number of nitrogens with one attached hydrogen (secondary N) is 2. The van der Waals surface area contributed by atoms with Crippen molar-refractivity contribution in [2.24, 2.45) is 0 Å². The maximum Gasteiger partial charge on any atom is 0.150 e. The number of nitrogens with zero attached hydrogens (tertiary/aromatic N) is 2. The van der Waals surface area contributed by atoms with Gasteiger partial charge in [0, 0.05) is 18.1 Å². The number of hydrogen-bond donors (Lipinski definition) is 3. The van der Waals surface area contributed by atoms with Crippen molar-refractivity contribution in [2.75, 3.05) is 25.4 Å². The SMILES string of the molecule is CCOCc1nc2c([nH]1)c(N)nc1cc(OC3CCNCC3)ccc12. The summed E-state index contributed by atoms with van der Waals surface area (Å²) in [6.07, 6.45) is 2.29. The monoisotopic (exact) mass is 341 g/mol. The van der Waals surface area contributed by atoms with Gasteiger partial charge in [0.05, 0.1) is 5.52 Å². The van der Waals surface area contributed by atoms with Gasteiger partial charge in [-0.05, 0) is 45.0 Å². The van der Waals surface area contributed by atoms with Gasteiger partial charge < -0.3 is 25.5 Å². The highest BCUT2D eigenvalue weighted by Crippen LogP contribution is 2.29. The molecule has 1 aromatic carbocycles. The molecule has 1 saturated heterocycles. The van der Waals surface area contributed by atoms with Crippen LogP contribution < -0.4 is 15.8 Å². The Kier molecular flexibility index (Phi) is 4.42. The summed E-state index contributed by atoms with van der Waals surface area (Å²) in [5, 5.41) is 4.30. The smallest absolute Gasteiger partial charge is 0.150 e. The van der Waals surface area contributed by atoms with Crippen LogP contribution in [0.4, 0.5) is 5.82 Å². The maximum absolute atomic E-state index is 6.13. The van der Waals surface area contributed by atoms with E-state index in [9.17, 15) is 0 Å². The van der Waals surface area contributed by atoms with Gasteiger partial charge in [0.2, 0.25) is 0 Å². The molecule has 2 aromatic heterocycles. The Bertz CT molecular complexity index is 886. The van der Waals surface area contributed by atoms with Crippen molar-refractivity contribution < 1.29 is 9.47 Å². The number of fused-ring (bicyclic) bond motifs is 3. The molecule has 0 bridgehead atoms. The van der Waals surface area contributed by atoms with E-state index in [2.05, 4.69) is 20.3 Å². The molecule has 7 heteroatoms. The van der Waals surface area contributed by atoms with Crippen LogP contribution in [-0.2, 0) is 11.3 Å². The van der Waals surface area contributed by atoms with Gasteiger partial charge in [0.15, 0.2) is 0 Å². The van der Waals surface area contributed by atoms with Crippen LogP contribution >= 0.6 is 0 Å². The van der Waals surface area contributed by atoms with E-state index in [4.69, 9.17) is 15.2 Å². The highest BCUT2D eigenvalue weighted by atomic mass is 16.5. The van der Waals surface area contributed by atoms with E-state index in [0.717, 1.165) is 59.4 Å². The molecule has 1 aliphatic rings. The molecule has 4 N–H and O–H groups in total. The number of aromatic amines is 1. The Morgan fingerprint density at radius 3 is 2.88 bits per heavy atom. The van der Waals surface area contributed by atoms with E-state index in [1.165, 1.54) is 0 Å². The fourth-order valence-corrected chi connectivity index (χ4v) is 3.24. The Hall–Kier alpha value is -2.38. The molecule has 0 aliphatic carbocycles. The van der Waals surface area contributed by atoms with Crippen molar-refractivity contribution in [3.05, 3.63) is 24.0 Å². The van der Waals surface area contributed by atoms with Crippen LogP contribution in [0.2, 0.25) is 0 Å². The zero-order valence-electron chi connectivity index (χ0n) is 14.3. The van der Waals surface area contributed by atoms with E-state index in [-0.39, 0.29) is 6.10 Å². The Labute approximate surface area is 145 Å². The Morgan fingerprint density at radius 2 is 2.08 bits per heavy atom. The van der Waals surface area contributed by atoms with Crippen molar-refractivity contribution in [3.63, 3.8) is 0 Å². The van der Waals surface area contributed by atoms with E-state index in [0.29, 0.717) is 19.0 Å². The fourth-order valence-electron chi connectivity index (χ4n) is 3.24. The quantitative estimate of drug-likeness (QED) is 0.659. The van der Waals surface area contributed by atoms with Gasteiger partial charge in [-0.2, -0.15) is 0 Å². The fraction of sp³-hybridized carbons (Fsp3) is 0.444. The summed E-state index contributed by atoms with van der Waals surface area (Å²) >= 11 is 0. The lowest BCUT2D eigenvalue weighted by Crippen LogP contribution is -2.34. The van der Waals surface area contributed by atoms with Crippen LogP contribution in [-0.4, -0.2) is 40.8 Å². The first-order chi connectivity index (χ1) is 12.2. The van der Waals surface area contributed by atoms with Crippen LogP contribution in [0.1, 0.15) is 25.6 Å². The number of piperidine rings is 1. The molecule has 1 fully saturated rings. The highest BCUT2D eigenvalue weighted by molar-refractivity contribution is 6.06. The second-order valence-electron chi connectivity index (χ2n) is 6.29. The summed E-state index contributed by atoms with van der Waals surface area (Å²) in [5.74, 6) is 2.03. The minimum atomic E-state index is 0.253. The normalized spacial score (nSPS) is 15.9. The van der Waals surface area contributed by atoms with Crippen molar-refractivity contribution >= 4 is 27.8 Å². The lowest BCUT2D eigenvalue weighted by atomic mass is 10.1. The number of benzene rings is 1. The first-order valence-corrected chi connectivity index (χ1v) is 8.77. The van der Waals surface area contributed by atoms with Gasteiger partial charge in [0.1, 0.15) is 41.1 Å². The lowest BCUT2D eigenvalue weighted by Gasteiger charge is -2.23. The van der Waals surface area contributed by atoms with Crippen LogP contribution in [0.3, 0.4) is 0 Å². The molecule has 0 unspecified atom stereocenters. The second-order valence-corrected chi connectivity index (χ2v) is 6.29. The first-order valence-electron chi connectivity index (χ1n) is 8.77. The molecule has 7 nitrogen and oxygen atoms in total. The summed E-state index contributed by atoms with van der Waals surface area (Å²) in [6, 6.07) is 5.94. The number of nitrogen functional groups attached to an aromatic ring is 1. The van der Waals surface area contributed by atoms with E-state index in [1.807, 2.05) is 25.1 Å². The molecule has 0 radical (unpaired) electrons. The number of hydrogen-bond acceptors (Lipinski definition) is 6. The maximum atomic E-state index is 6.13. The van der Waals surface area contributed by atoms with Crippen molar-refractivity contribution in [1.29, 1.82) is 0 Å². The number of pyridine rings is 1. The predicted octanol–water partition coefficient (Wildman–Crippen LogP) is 2.36. The number of imidazole rings is 1. The van der Waals surface area contributed by atoms with Crippen LogP contribution in [0.15, 0.2) is 18.2 Å². The standard InChI is InChI=1S/C18H23N5O2/c1-2-24-10-15-22-16-13-4-3-12(25-11-5-7-20-8-6-11)9-14(13)21-18(19)17(16)23-15/h3-4,9,11,20H,2,5-8,10H2,1H3,(H2,19,21)(H,22,23). The van der Waals surface area contributed by atoms with E-state index < -0.39 is 0 Å². The molecule has 0 amide bonds. The van der Waals surface area contributed by atoms with Crippen LogP contribution in [0, 0.1) is 0 Å². The topological polar surface area (TPSA) is 98.1 Å². The Balaban J connectivity index is 1.68. The lowest BCUT2D eigenvalue weighted by molar-refractivity contribution is 0.129. The molecule has 3 heterocycles. The molecule has 4 rings (SSSR count). The molecule has 0 saturated carbocycles. The van der Waals surface area contributed by atoms with Gasteiger partial charge in [-0.1, -0.05) is 0 Å². The molecule has 1 aliphatic heterocycles. The highest BCUT2D eigenvalue weighted by Gasteiger charge is 2.16. The molecule has 3 aromatic rings. The number of H-pyrrole nitrogens is 1. The zero-order valence-corrected chi connectivity index (χ0v) is 14.3. The molecule has 132 valence electrons. The van der Waals surface area contributed by atoms with Crippen molar-refractivity contribution in [2.45, 2.75) is 32.5 Å². The van der Waals surface area contributed by atoms with Gasteiger partial charge in [-0.3, -0.25) is 0 Å². The average Bonchev–Trinajstić information content (AvgIpc) is 3.06. The minimum absolute atomic E-state index is 0.253. The van der Waals surface area contributed by atoms with Gasteiger partial charge >= 0.3 is 0 Å². The molecular weight excluding hydrogens is 318 g/mol. The van der Waals surface area contributed by atoms with Gasteiger partial charge in [-0.15, -0.1) is 0 Å². The van der Waals surface area contributed by atoms with Gasteiger partial charge in [0.25, 0.3) is 0 Å². The number of ether oxygens (including phenoxy) is 2. The third-order valence-electron chi connectivity index (χ3n) is 4.51. The van der Waals surface area contributed by atoms with Crippen molar-refractivity contribution in [1.82, 2.24) is 20.3 Å². The number of rotatable bonds is 5. The van der Waals surface area contributed by atoms with Gasteiger partial charge in [-0.25, -0.2) is 9.97 Å². The third kappa shape index (κ3) is 3.25. The average molecular weight is 341 g/mol. The van der Waals surface area contributed by atoms with Crippen molar-refractivity contribution in [3.8, 4) is 5.75 Å². The Morgan fingerprint density at radius 1 is 1.24 bits per heavy atom. The summed E-state index contributed by atoms with van der Waals surface area (Å²) in [4.78, 5) is 12.4. The number of nitrogens with two attached hydrogens (primary N) is 1. The number of aromatic nitrogens is 3. The summed E-state index contributed by atoms with van der Waals surface area (Å²) in [6.45, 7) is 5.03. The summed E-state index contributed by atoms with van der Waals surface area (Å²) in [5.41, 5.74) is 8.51. The third-order valence-corrected chi connectivity index (χ3v) is 4.51. The largest absolute Gasteiger partial charge is 0.490 e. The molecular formula is C18H23N5O2. The molecule has 25 heavy (non-hydrogen) atoms. The predicted molar refractivity (Wildman–Crippen MR) is 97.7 cm³/mol. The number of anilines is 1. The molecule has 0 atom stereocenters. The molecule has 0 spiro atoms. The zero-order chi connectivity index (χ0) is 17.2. The summed E-state index contributed by atoms with van der Waals surface area (Å²) < 4.78 is 11.5. The van der Waals surface area contributed by atoms with E-state index in [1.54, 1.807) is 0 Å². The van der Waals surface area contributed by atoms with Crippen LogP contribution in [0.5, 0.6) is 5.75 Å². The minimum Gasteiger partial charge on any atom is -0.490 e. The summed E-state index contributed by atoms with van der Waals surface area (Å²) in [7, 11) is 0. The van der Waals surface area contributed by atoms with Crippen LogP contribution in [0.25, 0.3) is 21.9 Å². The first kappa shape index (κ1) is 16.1.